The van der Waals surface area contributed by atoms with Crippen molar-refractivity contribution in [2.24, 2.45) is 0 Å². The fourth-order valence-corrected chi connectivity index (χ4v) is 7.12. The van der Waals surface area contributed by atoms with Crippen molar-refractivity contribution in [3.8, 4) is 33.4 Å². The molecule has 0 heterocycles. The Kier molecular flexibility index (Phi) is 5.61. The Bertz CT molecular complexity index is 2550. The van der Waals surface area contributed by atoms with E-state index < -0.39 is 0 Å². The van der Waals surface area contributed by atoms with Crippen molar-refractivity contribution in [3.05, 3.63) is 170 Å². The summed E-state index contributed by atoms with van der Waals surface area (Å²) >= 11 is 0. The average molecular weight is 557 g/mol. The highest BCUT2D eigenvalue weighted by atomic mass is 14.2. The van der Waals surface area contributed by atoms with Gasteiger partial charge in [-0.25, -0.2) is 0 Å². The van der Waals surface area contributed by atoms with Crippen molar-refractivity contribution in [2.75, 3.05) is 0 Å². The summed E-state index contributed by atoms with van der Waals surface area (Å²) in [7, 11) is 0. The zero-order valence-corrected chi connectivity index (χ0v) is 24.2. The average Bonchev–Trinajstić information content (AvgIpc) is 3.10. The summed E-state index contributed by atoms with van der Waals surface area (Å²) in [5.74, 6) is 0. The van der Waals surface area contributed by atoms with Crippen LogP contribution in [0.4, 0.5) is 0 Å². The topological polar surface area (TPSA) is 0 Å². The van der Waals surface area contributed by atoms with Crippen molar-refractivity contribution in [2.45, 2.75) is 0 Å². The molecule has 0 N–H and O–H groups in total. The standard InChI is InChI=1S/C44H28/c1-3-13-32-26-34(22-20-29(32)10-1)35-24-25-41-42(28-35)44(38-19-9-15-31-12-5-6-16-37(31)38)40-18-8-7-17-39(40)43(41)36-23-21-30-11-2-4-14-33(30)27-36/h1-28H. The van der Waals surface area contributed by atoms with Gasteiger partial charge in [0, 0.05) is 0 Å². The van der Waals surface area contributed by atoms with Gasteiger partial charge in [0.2, 0.25) is 0 Å². The first kappa shape index (κ1) is 24.8. The Balaban J connectivity index is 1.42. The number of hydrogen-bond acceptors (Lipinski definition) is 0. The summed E-state index contributed by atoms with van der Waals surface area (Å²) < 4.78 is 0. The van der Waals surface area contributed by atoms with Crippen molar-refractivity contribution < 1.29 is 0 Å². The molecule has 0 bridgehead atoms. The van der Waals surface area contributed by atoms with Crippen LogP contribution >= 0.6 is 0 Å². The van der Waals surface area contributed by atoms with Crippen LogP contribution in [-0.4, -0.2) is 0 Å². The molecule has 9 rings (SSSR count). The minimum Gasteiger partial charge on any atom is -0.0616 e. The molecular formula is C44H28. The van der Waals surface area contributed by atoms with Crippen LogP contribution in [0.1, 0.15) is 0 Å². The van der Waals surface area contributed by atoms with Crippen LogP contribution in [0, 0.1) is 0 Å². The Morgan fingerprint density at radius 2 is 0.705 bits per heavy atom. The molecule has 0 nitrogen and oxygen atoms in total. The lowest BCUT2D eigenvalue weighted by atomic mass is 9.83. The Morgan fingerprint density at radius 1 is 0.227 bits per heavy atom. The minimum absolute atomic E-state index is 1.23. The Labute approximate surface area is 256 Å². The van der Waals surface area contributed by atoms with Crippen molar-refractivity contribution >= 4 is 53.9 Å². The fourth-order valence-electron chi connectivity index (χ4n) is 7.12. The van der Waals surface area contributed by atoms with Crippen LogP contribution in [0.15, 0.2) is 170 Å². The number of rotatable bonds is 3. The van der Waals surface area contributed by atoms with Crippen LogP contribution in [0.25, 0.3) is 87.2 Å². The van der Waals surface area contributed by atoms with E-state index in [1.54, 1.807) is 0 Å². The normalized spacial score (nSPS) is 11.6. The van der Waals surface area contributed by atoms with Crippen LogP contribution in [0.3, 0.4) is 0 Å². The first-order chi connectivity index (χ1) is 21.8. The summed E-state index contributed by atoms with van der Waals surface area (Å²) in [5, 5.41) is 12.7. The summed E-state index contributed by atoms with van der Waals surface area (Å²) in [6.07, 6.45) is 0. The molecule has 0 saturated carbocycles. The number of benzene rings is 9. The molecule has 0 unspecified atom stereocenters. The van der Waals surface area contributed by atoms with Gasteiger partial charge < -0.3 is 0 Å². The van der Waals surface area contributed by atoms with E-state index in [9.17, 15) is 0 Å². The van der Waals surface area contributed by atoms with Crippen molar-refractivity contribution in [1.82, 2.24) is 0 Å². The molecule has 44 heavy (non-hydrogen) atoms. The molecule has 0 aliphatic carbocycles. The maximum atomic E-state index is 2.42. The van der Waals surface area contributed by atoms with Gasteiger partial charge in [-0.05, 0) is 105 Å². The summed E-state index contributed by atoms with van der Waals surface area (Å²) in [6.45, 7) is 0. The second kappa shape index (κ2) is 9.93. The first-order valence-corrected chi connectivity index (χ1v) is 15.3. The van der Waals surface area contributed by atoms with E-state index in [-0.39, 0.29) is 0 Å². The third-order valence-corrected chi connectivity index (χ3v) is 9.20. The molecule has 0 spiro atoms. The molecule has 204 valence electrons. The molecule has 0 radical (unpaired) electrons. The zero-order chi connectivity index (χ0) is 29.0. The Morgan fingerprint density at radius 3 is 1.43 bits per heavy atom. The molecule has 9 aromatic rings. The summed E-state index contributed by atoms with van der Waals surface area (Å²) in [6, 6.07) is 62.5. The van der Waals surface area contributed by atoms with Gasteiger partial charge in [0.05, 0.1) is 0 Å². The van der Waals surface area contributed by atoms with Crippen molar-refractivity contribution in [3.63, 3.8) is 0 Å². The fraction of sp³-hybridized carbons (Fsp3) is 0. The van der Waals surface area contributed by atoms with E-state index in [0.717, 1.165) is 0 Å². The first-order valence-electron chi connectivity index (χ1n) is 15.3. The minimum atomic E-state index is 1.23. The third-order valence-electron chi connectivity index (χ3n) is 9.20. The summed E-state index contributed by atoms with van der Waals surface area (Å²) in [4.78, 5) is 0. The van der Waals surface area contributed by atoms with E-state index in [2.05, 4.69) is 170 Å². The molecule has 0 amide bonds. The van der Waals surface area contributed by atoms with E-state index >= 15 is 0 Å². The van der Waals surface area contributed by atoms with E-state index in [1.165, 1.54) is 87.2 Å². The van der Waals surface area contributed by atoms with Gasteiger partial charge in [-0.1, -0.05) is 152 Å². The van der Waals surface area contributed by atoms with Gasteiger partial charge in [0.25, 0.3) is 0 Å². The molecule has 0 aliphatic rings. The SMILES string of the molecule is c1ccc2cc(-c3ccc4c(-c5ccc6ccccc6c5)c5ccccc5c(-c5cccc6ccccc56)c4c3)ccc2c1. The van der Waals surface area contributed by atoms with Crippen LogP contribution in [0.2, 0.25) is 0 Å². The van der Waals surface area contributed by atoms with Gasteiger partial charge in [-0.2, -0.15) is 0 Å². The second-order valence-electron chi connectivity index (χ2n) is 11.7. The highest BCUT2D eigenvalue weighted by Gasteiger charge is 2.19. The van der Waals surface area contributed by atoms with Gasteiger partial charge >= 0.3 is 0 Å². The van der Waals surface area contributed by atoms with Crippen molar-refractivity contribution in [1.29, 1.82) is 0 Å². The molecule has 0 aliphatic heterocycles. The monoisotopic (exact) mass is 556 g/mol. The largest absolute Gasteiger partial charge is 0.0616 e. The maximum Gasteiger partial charge on any atom is -0.00199 e. The van der Waals surface area contributed by atoms with Crippen LogP contribution in [-0.2, 0) is 0 Å². The summed E-state index contributed by atoms with van der Waals surface area (Å²) in [5.41, 5.74) is 7.55. The second-order valence-corrected chi connectivity index (χ2v) is 11.7. The van der Waals surface area contributed by atoms with Gasteiger partial charge in [-0.15, -0.1) is 0 Å². The molecular weight excluding hydrogens is 528 g/mol. The van der Waals surface area contributed by atoms with E-state index in [0.29, 0.717) is 0 Å². The number of fused-ring (bicyclic) bond motifs is 5. The lowest BCUT2D eigenvalue weighted by molar-refractivity contribution is 1.66. The van der Waals surface area contributed by atoms with E-state index in [1.807, 2.05) is 0 Å². The zero-order valence-electron chi connectivity index (χ0n) is 24.2. The quantitative estimate of drug-likeness (QED) is 0.190. The van der Waals surface area contributed by atoms with Crippen LogP contribution in [0.5, 0.6) is 0 Å². The predicted molar refractivity (Wildman–Crippen MR) is 190 cm³/mol. The van der Waals surface area contributed by atoms with Gasteiger partial charge in [0.15, 0.2) is 0 Å². The molecule has 0 fully saturated rings. The third kappa shape index (κ3) is 3.92. The highest BCUT2D eigenvalue weighted by Crippen LogP contribution is 2.46. The number of hydrogen-bond donors (Lipinski definition) is 0. The molecule has 0 saturated heterocycles. The molecule has 0 heteroatoms. The maximum absolute atomic E-state index is 2.42. The highest BCUT2D eigenvalue weighted by molar-refractivity contribution is 6.24. The molecule has 9 aromatic carbocycles. The Hall–Kier alpha value is -5.72. The van der Waals surface area contributed by atoms with E-state index in [4.69, 9.17) is 0 Å². The lowest BCUT2D eigenvalue weighted by Crippen LogP contribution is -1.92. The van der Waals surface area contributed by atoms with Gasteiger partial charge in [0.1, 0.15) is 0 Å². The predicted octanol–water partition coefficient (Wildman–Crippen LogP) is 12.5. The van der Waals surface area contributed by atoms with Gasteiger partial charge in [-0.3, -0.25) is 0 Å². The molecule has 0 atom stereocenters. The van der Waals surface area contributed by atoms with Crippen LogP contribution < -0.4 is 0 Å². The lowest BCUT2D eigenvalue weighted by Gasteiger charge is -2.20. The smallest absolute Gasteiger partial charge is 0.00199 e. The molecule has 0 aromatic heterocycles.